The summed E-state index contributed by atoms with van der Waals surface area (Å²) in [5, 5.41) is 3.23. The van der Waals surface area contributed by atoms with E-state index in [1.165, 1.54) is 0 Å². The Morgan fingerprint density at radius 1 is 1.48 bits per heavy atom. The summed E-state index contributed by atoms with van der Waals surface area (Å²) in [6, 6.07) is 0.270. The van der Waals surface area contributed by atoms with Crippen molar-refractivity contribution in [3.8, 4) is 0 Å². The second kappa shape index (κ2) is 7.07. The van der Waals surface area contributed by atoms with E-state index in [0.717, 1.165) is 39.0 Å². The maximum atomic E-state index is 12.3. The molecule has 0 unspecified atom stereocenters. The van der Waals surface area contributed by atoms with Gasteiger partial charge >= 0.3 is 0 Å². The summed E-state index contributed by atoms with van der Waals surface area (Å²) < 4.78 is 11.3. The van der Waals surface area contributed by atoms with Crippen molar-refractivity contribution < 1.29 is 14.3 Å². The molecule has 1 aliphatic heterocycles. The van der Waals surface area contributed by atoms with E-state index < -0.39 is 0 Å². The van der Waals surface area contributed by atoms with Crippen molar-refractivity contribution >= 4 is 5.91 Å². The van der Waals surface area contributed by atoms with Crippen molar-refractivity contribution in [1.82, 2.24) is 10.2 Å². The molecule has 0 spiro atoms. The fourth-order valence-corrected chi connectivity index (χ4v) is 3.45. The van der Waals surface area contributed by atoms with Crippen LogP contribution in [0.25, 0.3) is 0 Å². The average Bonchev–Trinajstić information content (AvgIpc) is 2.95. The fraction of sp³-hybridized carbons (Fsp3) is 0.938. The van der Waals surface area contributed by atoms with Gasteiger partial charge in [0.25, 0.3) is 0 Å². The van der Waals surface area contributed by atoms with Crippen molar-refractivity contribution in [1.29, 1.82) is 0 Å². The zero-order chi connectivity index (χ0) is 15.5. The third kappa shape index (κ3) is 3.76. The molecule has 21 heavy (non-hydrogen) atoms. The van der Waals surface area contributed by atoms with E-state index in [9.17, 15) is 4.79 Å². The Morgan fingerprint density at radius 2 is 2.24 bits per heavy atom. The van der Waals surface area contributed by atoms with Crippen LogP contribution in [0.3, 0.4) is 0 Å². The van der Waals surface area contributed by atoms with E-state index in [2.05, 4.69) is 19.2 Å². The molecule has 3 atom stereocenters. The number of likely N-dealkylation sites (N-methyl/N-ethyl adjacent to an activating group) is 1. The summed E-state index contributed by atoms with van der Waals surface area (Å²) in [4.78, 5) is 14.2. The van der Waals surface area contributed by atoms with Crippen LogP contribution in [-0.4, -0.2) is 62.4 Å². The molecule has 1 saturated heterocycles. The number of hydrogen-bond acceptors (Lipinski definition) is 4. The molecule has 0 bridgehead atoms. The van der Waals surface area contributed by atoms with Crippen LogP contribution in [-0.2, 0) is 14.3 Å². The summed E-state index contributed by atoms with van der Waals surface area (Å²) in [6.45, 7) is 9.15. The third-order valence-electron chi connectivity index (χ3n) is 5.03. The van der Waals surface area contributed by atoms with Gasteiger partial charge < -0.3 is 19.7 Å². The lowest BCUT2D eigenvalue weighted by molar-refractivity contribution is -0.162. The third-order valence-corrected chi connectivity index (χ3v) is 5.03. The molecule has 0 radical (unpaired) electrons. The molecule has 1 amide bonds. The minimum Gasteiger partial charge on any atom is -0.378 e. The molecular weight excluding hydrogens is 268 g/mol. The molecule has 122 valence electrons. The minimum atomic E-state index is 0.0367. The quantitative estimate of drug-likeness (QED) is 0.772. The maximum Gasteiger partial charge on any atom is 0.236 e. The number of amides is 1. The Labute approximate surface area is 128 Å². The number of rotatable bonds is 7. The number of carbonyl (C=O) groups is 1. The lowest BCUT2D eigenvalue weighted by Gasteiger charge is -2.54. The second-order valence-corrected chi connectivity index (χ2v) is 6.79. The van der Waals surface area contributed by atoms with Crippen LogP contribution in [0.1, 0.15) is 40.0 Å². The van der Waals surface area contributed by atoms with Gasteiger partial charge in [-0.3, -0.25) is 4.79 Å². The highest BCUT2D eigenvalue weighted by Crippen LogP contribution is 2.45. The van der Waals surface area contributed by atoms with Crippen LogP contribution in [0.2, 0.25) is 0 Å². The standard InChI is InChI=1S/C16H30N2O3/c1-5-20-14-9-13(16(14,2)3)18(4)15(19)11-17-10-12-7-6-8-21-12/h12-14,17H,5-11H2,1-4H3/t12-,13-,14+/m0/s1. The Hall–Kier alpha value is -0.650. The van der Waals surface area contributed by atoms with Crippen molar-refractivity contribution in [2.24, 2.45) is 5.41 Å². The Bertz CT molecular complexity index is 353. The molecule has 0 aromatic heterocycles. The van der Waals surface area contributed by atoms with Crippen LogP contribution in [0.5, 0.6) is 0 Å². The Kier molecular flexibility index (Phi) is 5.63. The van der Waals surface area contributed by atoms with Gasteiger partial charge in [0.1, 0.15) is 0 Å². The molecular formula is C16H30N2O3. The van der Waals surface area contributed by atoms with E-state index in [-0.39, 0.29) is 29.6 Å². The SMILES string of the molecule is CCO[C@@H]1C[C@H](N(C)C(=O)CNC[C@@H]2CCCO2)C1(C)C. The fourth-order valence-electron chi connectivity index (χ4n) is 3.45. The highest BCUT2D eigenvalue weighted by Gasteiger charge is 2.51. The molecule has 1 aliphatic carbocycles. The van der Waals surface area contributed by atoms with Crippen LogP contribution >= 0.6 is 0 Å². The predicted octanol–water partition coefficient (Wildman–Crippen LogP) is 1.42. The summed E-state index contributed by atoms with van der Waals surface area (Å²) in [7, 11) is 1.91. The van der Waals surface area contributed by atoms with Gasteiger partial charge in [-0.05, 0) is 26.2 Å². The topological polar surface area (TPSA) is 50.8 Å². The molecule has 5 nitrogen and oxygen atoms in total. The molecule has 1 saturated carbocycles. The van der Waals surface area contributed by atoms with Crippen LogP contribution in [0.15, 0.2) is 0 Å². The molecule has 0 aromatic rings. The first kappa shape index (κ1) is 16.7. The van der Waals surface area contributed by atoms with Crippen LogP contribution in [0, 0.1) is 5.41 Å². The van der Waals surface area contributed by atoms with Crippen LogP contribution in [0.4, 0.5) is 0 Å². The first-order valence-electron chi connectivity index (χ1n) is 8.16. The van der Waals surface area contributed by atoms with E-state index in [0.29, 0.717) is 6.54 Å². The van der Waals surface area contributed by atoms with Gasteiger partial charge in [0.15, 0.2) is 0 Å². The second-order valence-electron chi connectivity index (χ2n) is 6.79. The van der Waals surface area contributed by atoms with Crippen molar-refractivity contribution in [3.05, 3.63) is 0 Å². The minimum absolute atomic E-state index is 0.0367. The van der Waals surface area contributed by atoms with Gasteiger partial charge in [-0.1, -0.05) is 13.8 Å². The lowest BCUT2D eigenvalue weighted by atomic mass is 9.64. The van der Waals surface area contributed by atoms with Gasteiger partial charge in [-0.2, -0.15) is 0 Å². The van der Waals surface area contributed by atoms with Gasteiger partial charge in [-0.15, -0.1) is 0 Å². The van der Waals surface area contributed by atoms with Gasteiger partial charge in [0.05, 0.1) is 18.8 Å². The largest absolute Gasteiger partial charge is 0.378 e. The lowest BCUT2D eigenvalue weighted by Crippen LogP contribution is -2.63. The van der Waals surface area contributed by atoms with E-state index in [1.807, 2.05) is 18.9 Å². The van der Waals surface area contributed by atoms with Crippen molar-refractivity contribution in [3.63, 3.8) is 0 Å². The summed E-state index contributed by atoms with van der Waals surface area (Å²) >= 11 is 0. The van der Waals surface area contributed by atoms with Gasteiger partial charge in [0.2, 0.25) is 5.91 Å². The number of nitrogens with one attached hydrogen (secondary N) is 1. The molecule has 2 fully saturated rings. The summed E-state index contributed by atoms with van der Waals surface area (Å²) in [6.07, 6.45) is 3.72. The molecule has 2 rings (SSSR count). The Morgan fingerprint density at radius 3 is 2.81 bits per heavy atom. The number of carbonyl (C=O) groups excluding carboxylic acids is 1. The number of nitrogens with zero attached hydrogens (tertiary/aromatic N) is 1. The smallest absolute Gasteiger partial charge is 0.236 e. The van der Waals surface area contributed by atoms with Crippen molar-refractivity contribution in [2.75, 3.05) is 33.4 Å². The monoisotopic (exact) mass is 298 g/mol. The number of ether oxygens (including phenoxy) is 2. The van der Waals surface area contributed by atoms with Crippen LogP contribution < -0.4 is 5.32 Å². The average molecular weight is 298 g/mol. The van der Waals surface area contributed by atoms with Gasteiger partial charge in [-0.25, -0.2) is 0 Å². The molecule has 2 aliphatic rings. The van der Waals surface area contributed by atoms with E-state index >= 15 is 0 Å². The van der Waals surface area contributed by atoms with E-state index in [4.69, 9.17) is 9.47 Å². The maximum absolute atomic E-state index is 12.3. The predicted molar refractivity (Wildman–Crippen MR) is 82.2 cm³/mol. The number of hydrogen-bond donors (Lipinski definition) is 1. The molecule has 1 N–H and O–H groups in total. The van der Waals surface area contributed by atoms with Gasteiger partial charge in [0, 0.05) is 38.3 Å². The zero-order valence-electron chi connectivity index (χ0n) is 13.9. The highest BCUT2D eigenvalue weighted by molar-refractivity contribution is 5.78. The summed E-state index contributed by atoms with van der Waals surface area (Å²) in [5.41, 5.74) is 0.0367. The summed E-state index contributed by atoms with van der Waals surface area (Å²) in [5.74, 6) is 0.154. The van der Waals surface area contributed by atoms with Crippen molar-refractivity contribution in [2.45, 2.75) is 58.3 Å². The molecule has 5 heteroatoms. The highest BCUT2D eigenvalue weighted by atomic mass is 16.5. The molecule has 0 aromatic carbocycles. The first-order valence-corrected chi connectivity index (χ1v) is 8.16. The Balaban J connectivity index is 1.72. The van der Waals surface area contributed by atoms with E-state index in [1.54, 1.807) is 0 Å². The normalized spacial score (nSPS) is 31.0. The first-order chi connectivity index (χ1) is 9.96. The zero-order valence-corrected chi connectivity index (χ0v) is 13.9. The molecule has 1 heterocycles.